The van der Waals surface area contributed by atoms with Crippen LogP contribution in [0.5, 0.6) is 0 Å². The van der Waals surface area contributed by atoms with Crippen LogP contribution in [0.1, 0.15) is 44.1 Å². The molecule has 1 aromatic heterocycles. The van der Waals surface area contributed by atoms with Crippen molar-refractivity contribution in [3.8, 4) is 0 Å². The van der Waals surface area contributed by atoms with E-state index in [9.17, 15) is 4.39 Å². The molecule has 3 nitrogen and oxygen atoms in total. The maximum Gasteiger partial charge on any atom is 0.170 e. The second-order valence-electron chi connectivity index (χ2n) is 6.09. The highest BCUT2D eigenvalue weighted by Gasteiger charge is 2.35. The van der Waals surface area contributed by atoms with Crippen molar-refractivity contribution in [2.45, 2.75) is 51.1 Å². The van der Waals surface area contributed by atoms with Gasteiger partial charge in [0.2, 0.25) is 0 Å². The molecule has 1 aliphatic carbocycles. The van der Waals surface area contributed by atoms with Gasteiger partial charge in [-0.2, -0.15) is 0 Å². The number of piperidine rings is 1. The van der Waals surface area contributed by atoms with Crippen LogP contribution in [0.4, 0.5) is 10.2 Å². The molecule has 0 bridgehead atoms. The molecule has 1 saturated heterocycles. The number of hydrogen-bond acceptors (Lipinski definition) is 3. The van der Waals surface area contributed by atoms with E-state index in [-0.39, 0.29) is 5.82 Å². The summed E-state index contributed by atoms with van der Waals surface area (Å²) >= 11 is 0. The van der Waals surface area contributed by atoms with Crippen molar-refractivity contribution >= 4 is 5.82 Å². The number of fused-ring (bicyclic) bond motifs is 1. The molecule has 3 rings (SSSR count). The molecule has 0 spiro atoms. The van der Waals surface area contributed by atoms with Crippen molar-refractivity contribution in [2.75, 3.05) is 18.5 Å². The highest BCUT2D eigenvalue weighted by atomic mass is 19.1. The fraction of sp³-hybridized carbons (Fsp3) is 0.688. The van der Waals surface area contributed by atoms with E-state index in [4.69, 9.17) is 0 Å². The molecule has 110 valence electrons. The predicted octanol–water partition coefficient (Wildman–Crippen LogP) is 3.10. The first-order valence-electron chi connectivity index (χ1n) is 7.86. The molecule has 2 aliphatic rings. The highest BCUT2D eigenvalue weighted by Crippen LogP contribution is 2.38. The number of nitrogens with zero attached hydrogens (tertiary/aromatic N) is 2. The molecule has 1 aliphatic heterocycles. The summed E-state index contributed by atoms with van der Waals surface area (Å²) in [6.45, 7) is 1.51. The van der Waals surface area contributed by atoms with Gasteiger partial charge in [0.15, 0.2) is 11.6 Å². The number of aromatic nitrogens is 1. The fourth-order valence-corrected chi connectivity index (χ4v) is 3.89. The Labute approximate surface area is 120 Å². The van der Waals surface area contributed by atoms with Gasteiger partial charge in [0, 0.05) is 30.9 Å². The lowest BCUT2D eigenvalue weighted by Crippen LogP contribution is -2.47. The van der Waals surface area contributed by atoms with Crippen molar-refractivity contribution in [1.29, 1.82) is 0 Å². The molecule has 2 fully saturated rings. The summed E-state index contributed by atoms with van der Waals surface area (Å²) in [7, 11) is 1.84. The smallest absolute Gasteiger partial charge is 0.170 e. The van der Waals surface area contributed by atoms with E-state index >= 15 is 0 Å². The van der Waals surface area contributed by atoms with Gasteiger partial charge < -0.3 is 10.2 Å². The van der Waals surface area contributed by atoms with Crippen LogP contribution in [0.25, 0.3) is 0 Å². The van der Waals surface area contributed by atoms with Gasteiger partial charge in [0.25, 0.3) is 0 Å². The van der Waals surface area contributed by atoms with Gasteiger partial charge >= 0.3 is 0 Å². The van der Waals surface area contributed by atoms with E-state index < -0.39 is 0 Å². The summed E-state index contributed by atoms with van der Waals surface area (Å²) in [6.07, 6.45) is 9.33. The molecular weight excluding hydrogens is 253 g/mol. The summed E-state index contributed by atoms with van der Waals surface area (Å²) in [5.41, 5.74) is 0.718. The number of rotatable bonds is 3. The van der Waals surface area contributed by atoms with E-state index in [1.807, 2.05) is 7.05 Å². The van der Waals surface area contributed by atoms with Crippen molar-refractivity contribution in [3.05, 3.63) is 23.6 Å². The SMILES string of the molecule is CNCc1ccnc(N2CCC[C@H]3CCCC[C@H]32)c1F. The zero-order valence-electron chi connectivity index (χ0n) is 12.2. The minimum atomic E-state index is -0.131. The summed E-state index contributed by atoms with van der Waals surface area (Å²) in [5.74, 6) is 1.19. The monoisotopic (exact) mass is 277 g/mol. The summed E-state index contributed by atoms with van der Waals surface area (Å²) in [4.78, 5) is 6.61. The standard InChI is InChI=1S/C16H24FN3/c1-18-11-13-8-9-19-16(15(13)17)20-10-4-6-12-5-2-3-7-14(12)20/h8-9,12,14,18H,2-7,10-11H2,1H3/t12-,14-/m1/s1. The average molecular weight is 277 g/mol. The van der Waals surface area contributed by atoms with E-state index in [1.54, 1.807) is 12.3 Å². The third-order valence-electron chi connectivity index (χ3n) is 4.83. The van der Waals surface area contributed by atoms with Crippen LogP contribution in [-0.4, -0.2) is 24.6 Å². The zero-order chi connectivity index (χ0) is 13.9. The average Bonchev–Trinajstić information content (AvgIpc) is 2.49. The van der Waals surface area contributed by atoms with Gasteiger partial charge in [-0.05, 0) is 44.7 Å². The second-order valence-corrected chi connectivity index (χ2v) is 6.09. The molecule has 20 heavy (non-hydrogen) atoms. The van der Waals surface area contributed by atoms with Gasteiger partial charge in [0.1, 0.15) is 0 Å². The van der Waals surface area contributed by atoms with Crippen LogP contribution in [0.15, 0.2) is 12.3 Å². The van der Waals surface area contributed by atoms with Crippen LogP contribution in [0.2, 0.25) is 0 Å². The maximum absolute atomic E-state index is 14.7. The van der Waals surface area contributed by atoms with Crippen LogP contribution >= 0.6 is 0 Å². The molecule has 1 aromatic rings. The molecule has 1 saturated carbocycles. The predicted molar refractivity (Wildman–Crippen MR) is 79.3 cm³/mol. The lowest BCUT2D eigenvalue weighted by Gasteiger charge is -2.44. The van der Waals surface area contributed by atoms with Crippen LogP contribution in [-0.2, 0) is 6.54 Å². The number of halogens is 1. The topological polar surface area (TPSA) is 28.2 Å². The van der Waals surface area contributed by atoms with E-state index in [0.717, 1.165) is 18.0 Å². The maximum atomic E-state index is 14.7. The number of anilines is 1. The molecule has 4 heteroatoms. The molecule has 0 radical (unpaired) electrons. The zero-order valence-corrected chi connectivity index (χ0v) is 12.2. The molecule has 1 N–H and O–H groups in total. The Balaban J connectivity index is 1.89. The fourth-order valence-electron chi connectivity index (χ4n) is 3.89. The largest absolute Gasteiger partial charge is 0.351 e. The second kappa shape index (κ2) is 6.08. The van der Waals surface area contributed by atoms with Crippen LogP contribution < -0.4 is 10.2 Å². The minimum Gasteiger partial charge on any atom is -0.351 e. The van der Waals surface area contributed by atoms with Gasteiger partial charge in [-0.15, -0.1) is 0 Å². The third-order valence-corrected chi connectivity index (χ3v) is 4.83. The van der Waals surface area contributed by atoms with Gasteiger partial charge in [0.05, 0.1) is 0 Å². The number of hydrogen-bond donors (Lipinski definition) is 1. The van der Waals surface area contributed by atoms with Gasteiger partial charge in [-0.25, -0.2) is 9.37 Å². The minimum absolute atomic E-state index is 0.131. The Morgan fingerprint density at radius 3 is 2.95 bits per heavy atom. The molecular formula is C16H24FN3. The molecule has 2 heterocycles. The lowest BCUT2D eigenvalue weighted by atomic mass is 9.78. The van der Waals surface area contributed by atoms with Crippen molar-refractivity contribution in [1.82, 2.24) is 10.3 Å². The van der Waals surface area contributed by atoms with E-state index in [2.05, 4.69) is 15.2 Å². The Kier molecular flexibility index (Phi) is 4.20. The first-order chi connectivity index (χ1) is 9.81. The molecule has 2 atom stereocenters. The van der Waals surface area contributed by atoms with Crippen molar-refractivity contribution in [3.63, 3.8) is 0 Å². The summed E-state index contributed by atoms with van der Waals surface area (Å²) < 4.78 is 14.7. The van der Waals surface area contributed by atoms with Gasteiger partial charge in [-0.3, -0.25) is 0 Å². The van der Waals surface area contributed by atoms with Crippen LogP contribution in [0.3, 0.4) is 0 Å². The van der Waals surface area contributed by atoms with Crippen molar-refractivity contribution < 1.29 is 4.39 Å². The normalized spacial score (nSPS) is 26.4. The van der Waals surface area contributed by atoms with Gasteiger partial charge in [-0.1, -0.05) is 12.8 Å². The van der Waals surface area contributed by atoms with Crippen molar-refractivity contribution in [2.24, 2.45) is 5.92 Å². The van der Waals surface area contributed by atoms with E-state index in [1.165, 1.54) is 38.5 Å². The first kappa shape index (κ1) is 13.8. The Morgan fingerprint density at radius 1 is 1.30 bits per heavy atom. The quantitative estimate of drug-likeness (QED) is 0.920. The molecule has 0 aromatic carbocycles. The Bertz CT molecular complexity index is 461. The Morgan fingerprint density at radius 2 is 2.10 bits per heavy atom. The summed E-state index contributed by atoms with van der Waals surface area (Å²) in [5, 5.41) is 3.02. The summed E-state index contributed by atoms with van der Waals surface area (Å²) in [6, 6.07) is 2.28. The highest BCUT2D eigenvalue weighted by molar-refractivity contribution is 5.45. The molecule has 0 unspecified atom stereocenters. The molecule has 0 amide bonds. The lowest BCUT2D eigenvalue weighted by molar-refractivity contribution is 0.241. The number of pyridine rings is 1. The van der Waals surface area contributed by atoms with E-state index in [0.29, 0.717) is 18.4 Å². The Hall–Kier alpha value is -1.16. The third kappa shape index (κ3) is 2.53. The van der Waals surface area contributed by atoms with Crippen LogP contribution in [0, 0.1) is 11.7 Å². The number of nitrogens with one attached hydrogen (secondary N) is 1. The first-order valence-corrected chi connectivity index (χ1v) is 7.86.